The van der Waals surface area contributed by atoms with Crippen LogP contribution in [0.4, 0.5) is 0 Å². The molecule has 0 aromatic carbocycles. The Morgan fingerprint density at radius 3 is 2.33 bits per heavy atom. The lowest BCUT2D eigenvalue weighted by molar-refractivity contribution is 0.452. The van der Waals surface area contributed by atoms with Crippen LogP contribution >= 0.6 is 0 Å². The van der Waals surface area contributed by atoms with E-state index in [0.717, 1.165) is 25.3 Å². The fraction of sp³-hybridized carbons (Fsp3) is 1.00. The van der Waals surface area contributed by atoms with Gasteiger partial charge in [0.15, 0.2) is 0 Å². The summed E-state index contributed by atoms with van der Waals surface area (Å²) < 4.78 is 22.4. The van der Waals surface area contributed by atoms with Crippen LogP contribution in [0.1, 0.15) is 38.5 Å². The normalized spacial score (nSPS) is 26.7. The summed E-state index contributed by atoms with van der Waals surface area (Å²) in [4.78, 5) is 0. The van der Waals surface area contributed by atoms with Crippen molar-refractivity contribution in [3.63, 3.8) is 0 Å². The molecular formula is C11H21NO2S. The standard InChI is InChI=1S/C11H21NO2S/c13-15(14)8-5-11(6-9-15)12-7-1-2-10-3-4-10/h10-12H,1-9H2. The quantitative estimate of drug-likeness (QED) is 0.726. The van der Waals surface area contributed by atoms with Crippen molar-refractivity contribution in [2.45, 2.75) is 44.6 Å². The molecule has 88 valence electrons. The van der Waals surface area contributed by atoms with Crippen LogP contribution in [-0.4, -0.2) is 32.5 Å². The van der Waals surface area contributed by atoms with Crippen molar-refractivity contribution in [2.75, 3.05) is 18.1 Å². The number of hydrogen-bond donors (Lipinski definition) is 1. The van der Waals surface area contributed by atoms with Crippen molar-refractivity contribution in [3.8, 4) is 0 Å². The van der Waals surface area contributed by atoms with E-state index in [0.29, 0.717) is 17.5 Å². The maximum atomic E-state index is 11.2. The van der Waals surface area contributed by atoms with Crippen LogP contribution in [0, 0.1) is 5.92 Å². The van der Waals surface area contributed by atoms with Gasteiger partial charge in [-0.15, -0.1) is 0 Å². The zero-order valence-corrected chi connectivity index (χ0v) is 10.1. The van der Waals surface area contributed by atoms with Gasteiger partial charge >= 0.3 is 0 Å². The molecule has 2 rings (SSSR count). The molecule has 0 aromatic rings. The van der Waals surface area contributed by atoms with Crippen molar-refractivity contribution >= 4 is 9.84 Å². The molecule has 1 N–H and O–H groups in total. The molecule has 1 heterocycles. The van der Waals surface area contributed by atoms with Crippen LogP contribution in [0.25, 0.3) is 0 Å². The van der Waals surface area contributed by atoms with Gasteiger partial charge in [-0.1, -0.05) is 12.8 Å². The van der Waals surface area contributed by atoms with Gasteiger partial charge in [-0.2, -0.15) is 0 Å². The highest BCUT2D eigenvalue weighted by atomic mass is 32.2. The molecule has 0 atom stereocenters. The van der Waals surface area contributed by atoms with E-state index < -0.39 is 9.84 Å². The van der Waals surface area contributed by atoms with Crippen LogP contribution < -0.4 is 5.32 Å². The van der Waals surface area contributed by atoms with Gasteiger partial charge in [-0.25, -0.2) is 8.42 Å². The second-order valence-corrected chi connectivity index (χ2v) is 7.27. The average molecular weight is 231 g/mol. The topological polar surface area (TPSA) is 46.2 Å². The Hall–Kier alpha value is -0.0900. The molecule has 0 spiro atoms. The number of hydrogen-bond acceptors (Lipinski definition) is 3. The third-order valence-corrected chi connectivity index (χ3v) is 5.19. The first-order valence-electron chi connectivity index (χ1n) is 6.09. The minimum absolute atomic E-state index is 0.382. The summed E-state index contributed by atoms with van der Waals surface area (Å²) in [6.07, 6.45) is 7.10. The first kappa shape index (κ1) is 11.4. The highest BCUT2D eigenvalue weighted by molar-refractivity contribution is 7.91. The first-order chi connectivity index (χ1) is 7.16. The Morgan fingerprint density at radius 1 is 1.07 bits per heavy atom. The van der Waals surface area contributed by atoms with E-state index in [-0.39, 0.29) is 0 Å². The van der Waals surface area contributed by atoms with Crippen molar-refractivity contribution in [2.24, 2.45) is 5.92 Å². The molecule has 1 aliphatic heterocycles. The van der Waals surface area contributed by atoms with E-state index in [4.69, 9.17) is 0 Å². The van der Waals surface area contributed by atoms with E-state index in [1.165, 1.54) is 25.7 Å². The monoisotopic (exact) mass is 231 g/mol. The van der Waals surface area contributed by atoms with E-state index in [1.807, 2.05) is 0 Å². The van der Waals surface area contributed by atoms with Gasteiger partial charge < -0.3 is 5.32 Å². The molecule has 3 nitrogen and oxygen atoms in total. The highest BCUT2D eigenvalue weighted by Crippen LogP contribution is 2.33. The molecule has 0 amide bonds. The lowest BCUT2D eigenvalue weighted by Crippen LogP contribution is -2.37. The molecule has 4 heteroatoms. The highest BCUT2D eigenvalue weighted by Gasteiger charge is 2.23. The van der Waals surface area contributed by atoms with Gasteiger partial charge in [0.2, 0.25) is 0 Å². The summed E-state index contributed by atoms with van der Waals surface area (Å²) in [7, 11) is -2.69. The maximum Gasteiger partial charge on any atom is 0.150 e. The van der Waals surface area contributed by atoms with E-state index in [2.05, 4.69) is 5.32 Å². The molecule has 0 bridgehead atoms. The molecule has 1 saturated heterocycles. The third kappa shape index (κ3) is 4.11. The van der Waals surface area contributed by atoms with Crippen LogP contribution in [0.15, 0.2) is 0 Å². The molecular weight excluding hydrogens is 210 g/mol. The van der Waals surface area contributed by atoms with Gasteiger partial charge in [-0.3, -0.25) is 0 Å². The van der Waals surface area contributed by atoms with Gasteiger partial charge in [0, 0.05) is 6.04 Å². The van der Waals surface area contributed by atoms with E-state index in [1.54, 1.807) is 0 Å². The summed E-state index contributed by atoms with van der Waals surface area (Å²) >= 11 is 0. The predicted molar refractivity (Wildman–Crippen MR) is 61.6 cm³/mol. The second-order valence-electron chi connectivity index (χ2n) is 4.97. The Kier molecular flexibility index (Phi) is 3.67. The Balaban J connectivity index is 1.55. The summed E-state index contributed by atoms with van der Waals surface area (Å²) in [5.74, 6) is 1.78. The van der Waals surface area contributed by atoms with Crippen molar-refractivity contribution < 1.29 is 8.42 Å². The van der Waals surface area contributed by atoms with E-state index in [9.17, 15) is 8.42 Å². The number of sulfone groups is 1. The third-order valence-electron chi connectivity index (χ3n) is 3.47. The molecule has 0 radical (unpaired) electrons. The molecule has 0 aromatic heterocycles. The Bertz CT molecular complexity index is 282. The average Bonchev–Trinajstić information content (AvgIpc) is 2.98. The van der Waals surface area contributed by atoms with E-state index >= 15 is 0 Å². The molecule has 1 aliphatic carbocycles. The summed E-state index contributed by atoms with van der Waals surface area (Å²) in [6.45, 7) is 1.07. The SMILES string of the molecule is O=S1(=O)CCC(NCCCC2CC2)CC1. The minimum Gasteiger partial charge on any atom is -0.314 e. The van der Waals surface area contributed by atoms with Crippen molar-refractivity contribution in [1.82, 2.24) is 5.32 Å². The Morgan fingerprint density at radius 2 is 1.73 bits per heavy atom. The maximum absolute atomic E-state index is 11.2. The molecule has 15 heavy (non-hydrogen) atoms. The number of nitrogens with one attached hydrogen (secondary N) is 1. The predicted octanol–water partition coefficient (Wildman–Crippen LogP) is 1.34. The smallest absolute Gasteiger partial charge is 0.150 e. The summed E-state index contributed by atoms with van der Waals surface area (Å²) in [5, 5.41) is 3.48. The van der Waals surface area contributed by atoms with Crippen molar-refractivity contribution in [3.05, 3.63) is 0 Å². The fourth-order valence-corrected chi connectivity index (χ4v) is 3.69. The minimum atomic E-state index is -2.69. The second kappa shape index (κ2) is 4.83. The summed E-state index contributed by atoms with van der Waals surface area (Å²) in [5.41, 5.74) is 0. The van der Waals surface area contributed by atoms with Gasteiger partial charge in [0.25, 0.3) is 0 Å². The molecule has 0 unspecified atom stereocenters. The first-order valence-corrected chi connectivity index (χ1v) is 7.92. The zero-order chi connectivity index (χ0) is 10.7. The number of rotatable bonds is 5. The summed E-state index contributed by atoms with van der Waals surface area (Å²) in [6, 6.07) is 0.452. The van der Waals surface area contributed by atoms with Crippen LogP contribution in [0.3, 0.4) is 0 Å². The van der Waals surface area contributed by atoms with Crippen molar-refractivity contribution in [1.29, 1.82) is 0 Å². The molecule has 1 saturated carbocycles. The molecule has 2 fully saturated rings. The van der Waals surface area contributed by atoms with Crippen LogP contribution in [0.5, 0.6) is 0 Å². The zero-order valence-electron chi connectivity index (χ0n) is 9.24. The van der Waals surface area contributed by atoms with Crippen LogP contribution in [-0.2, 0) is 9.84 Å². The van der Waals surface area contributed by atoms with Gasteiger partial charge in [0.1, 0.15) is 9.84 Å². The fourth-order valence-electron chi connectivity index (χ4n) is 2.20. The lowest BCUT2D eigenvalue weighted by Gasteiger charge is -2.23. The largest absolute Gasteiger partial charge is 0.314 e. The lowest BCUT2D eigenvalue weighted by atomic mass is 10.1. The van der Waals surface area contributed by atoms with Gasteiger partial charge in [0.05, 0.1) is 11.5 Å². The Labute approximate surface area is 92.6 Å². The molecule has 2 aliphatic rings. The van der Waals surface area contributed by atoms with Crippen LogP contribution in [0.2, 0.25) is 0 Å². The van der Waals surface area contributed by atoms with Gasteiger partial charge in [-0.05, 0) is 38.1 Å².